The van der Waals surface area contributed by atoms with Gasteiger partial charge in [-0.05, 0) is 45.4 Å². The van der Waals surface area contributed by atoms with E-state index in [1.807, 2.05) is 23.6 Å². The standard InChI is InChI=1S/C20H34N4O4/c1-3-23(4-2)20(25)24-10-5-6-17(14-24)19-21-18(22-28-19)9-13-27-15-16-7-11-26-12-8-16/h16-17H,3-15H2,1-2H3. The summed E-state index contributed by atoms with van der Waals surface area (Å²) in [6, 6.07) is 0.107. The minimum atomic E-state index is 0.107. The van der Waals surface area contributed by atoms with Gasteiger partial charge >= 0.3 is 6.03 Å². The van der Waals surface area contributed by atoms with Gasteiger partial charge in [-0.15, -0.1) is 0 Å². The first-order valence-corrected chi connectivity index (χ1v) is 10.7. The van der Waals surface area contributed by atoms with E-state index in [1.54, 1.807) is 0 Å². The van der Waals surface area contributed by atoms with E-state index in [0.717, 1.165) is 65.1 Å². The van der Waals surface area contributed by atoms with Crippen LogP contribution in [0.15, 0.2) is 4.52 Å². The summed E-state index contributed by atoms with van der Waals surface area (Å²) in [4.78, 5) is 21.0. The first-order chi connectivity index (χ1) is 13.7. The summed E-state index contributed by atoms with van der Waals surface area (Å²) in [6.07, 6.45) is 4.75. The molecule has 1 aromatic heterocycles. The lowest BCUT2D eigenvalue weighted by molar-refractivity contribution is 0.0211. The number of nitrogens with zero attached hydrogens (tertiary/aromatic N) is 4. The van der Waals surface area contributed by atoms with Crippen LogP contribution in [0.2, 0.25) is 0 Å². The van der Waals surface area contributed by atoms with Crippen molar-refractivity contribution in [2.24, 2.45) is 5.92 Å². The van der Waals surface area contributed by atoms with Crippen LogP contribution in [0.25, 0.3) is 0 Å². The summed E-state index contributed by atoms with van der Waals surface area (Å²) < 4.78 is 16.7. The van der Waals surface area contributed by atoms with Crippen LogP contribution < -0.4 is 0 Å². The summed E-state index contributed by atoms with van der Waals surface area (Å²) in [5.41, 5.74) is 0. The minimum absolute atomic E-state index is 0.107. The Morgan fingerprint density at radius 3 is 2.79 bits per heavy atom. The number of ether oxygens (including phenoxy) is 2. The molecule has 0 saturated carbocycles. The van der Waals surface area contributed by atoms with Crippen LogP contribution >= 0.6 is 0 Å². The highest BCUT2D eigenvalue weighted by Crippen LogP contribution is 2.26. The summed E-state index contributed by atoms with van der Waals surface area (Å²) in [7, 11) is 0. The number of hydrogen-bond donors (Lipinski definition) is 0. The second kappa shape index (κ2) is 10.8. The van der Waals surface area contributed by atoms with E-state index in [4.69, 9.17) is 14.0 Å². The van der Waals surface area contributed by atoms with E-state index in [2.05, 4.69) is 10.1 Å². The van der Waals surface area contributed by atoms with Crippen molar-refractivity contribution in [1.82, 2.24) is 19.9 Å². The van der Waals surface area contributed by atoms with E-state index in [1.165, 1.54) is 0 Å². The van der Waals surface area contributed by atoms with Crippen LogP contribution in [0.4, 0.5) is 4.79 Å². The second-order valence-corrected chi connectivity index (χ2v) is 7.67. The fourth-order valence-corrected chi connectivity index (χ4v) is 3.91. The average Bonchev–Trinajstić information content (AvgIpc) is 3.22. The van der Waals surface area contributed by atoms with Gasteiger partial charge in [-0.25, -0.2) is 4.79 Å². The zero-order valence-corrected chi connectivity index (χ0v) is 17.3. The fourth-order valence-electron chi connectivity index (χ4n) is 3.91. The molecule has 3 heterocycles. The molecule has 8 nitrogen and oxygen atoms in total. The summed E-state index contributed by atoms with van der Waals surface area (Å²) in [6.45, 7) is 10.0. The van der Waals surface area contributed by atoms with E-state index >= 15 is 0 Å². The van der Waals surface area contributed by atoms with Crippen molar-refractivity contribution in [2.75, 3.05) is 52.6 Å². The number of rotatable bonds is 8. The molecule has 158 valence electrons. The number of amides is 2. The SMILES string of the molecule is CCN(CC)C(=O)N1CCCC(c2nc(CCOCC3CCOCC3)no2)C1. The highest BCUT2D eigenvalue weighted by molar-refractivity contribution is 5.74. The van der Waals surface area contributed by atoms with Gasteiger partial charge in [0.25, 0.3) is 0 Å². The van der Waals surface area contributed by atoms with E-state index in [0.29, 0.717) is 37.2 Å². The lowest BCUT2D eigenvalue weighted by Gasteiger charge is -2.34. The molecule has 0 N–H and O–H groups in total. The molecule has 28 heavy (non-hydrogen) atoms. The maximum Gasteiger partial charge on any atom is 0.320 e. The number of hydrogen-bond acceptors (Lipinski definition) is 6. The third kappa shape index (κ3) is 5.67. The molecule has 1 atom stereocenters. The van der Waals surface area contributed by atoms with Gasteiger partial charge in [-0.1, -0.05) is 5.16 Å². The summed E-state index contributed by atoms with van der Waals surface area (Å²) in [5, 5.41) is 4.11. The normalized spacial score (nSPS) is 21.1. The molecular weight excluding hydrogens is 360 g/mol. The van der Waals surface area contributed by atoms with Gasteiger partial charge in [0.05, 0.1) is 12.5 Å². The molecule has 0 radical (unpaired) electrons. The Morgan fingerprint density at radius 1 is 1.25 bits per heavy atom. The van der Waals surface area contributed by atoms with Crippen LogP contribution in [-0.2, 0) is 15.9 Å². The number of likely N-dealkylation sites (tertiary alicyclic amines) is 1. The van der Waals surface area contributed by atoms with Gasteiger partial charge in [0.15, 0.2) is 5.82 Å². The molecule has 3 rings (SSSR count). The highest BCUT2D eigenvalue weighted by atomic mass is 16.5. The molecule has 2 amide bonds. The van der Waals surface area contributed by atoms with E-state index < -0.39 is 0 Å². The first-order valence-electron chi connectivity index (χ1n) is 10.7. The second-order valence-electron chi connectivity index (χ2n) is 7.67. The van der Waals surface area contributed by atoms with Crippen LogP contribution in [0.1, 0.15) is 57.2 Å². The van der Waals surface area contributed by atoms with Gasteiger partial charge in [-0.2, -0.15) is 4.98 Å². The largest absolute Gasteiger partial charge is 0.381 e. The molecule has 1 aromatic rings. The molecule has 2 aliphatic heterocycles. The fraction of sp³-hybridized carbons (Fsp3) is 0.850. The molecule has 0 aliphatic carbocycles. The molecule has 8 heteroatoms. The maximum atomic E-state index is 12.6. The Morgan fingerprint density at radius 2 is 2.04 bits per heavy atom. The van der Waals surface area contributed by atoms with Crippen molar-refractivity contribution in [3.8, 4) is 0 Å². The Labute approximate surface area is 167 Å². The number of aromatic nitrogens is 2. The van der Waals surface area contributed by atoms with Gasteiger partial charge < -0.3 is 23.8 Å². The van der Waals surface area contributed by atoms with Crippen LogP contribution in [0, 0.1) is 5.92 Å². The number of carbonyl (C=O) groups excluding carboxylic acids is 1. The van der Waals surface area contributed by atoms with Gasteiger partial charge in [0.2, 0.25) is 5.89 Å². The van der Waals surface area contributed by atoms with Crippen molar-refractivity contribution < 1.29 is 18.8 Å². The highest BCUT2D eigenvalue weighted by Gasteiger charge is 2.30. The van der Waals surface area contributed by atoms with Gasteiger partial charge in [0.1, 0.15) is 0 Å². The van der Waals surface area contributed by atoms with Crippen LogP contribution in [0.5, 0.6) is 0 Å². The quantitative estimate of drug-likeness (QED) is 0.631. The van der Waals surface area contributed by atoms with Crippen molar-refractivity contribution >= 4 is 6.03 Å². The predicted octanol–water partition coefficient (Wildman–Crippen LogP) is 2.70. The minimum Gasteiger partial charge on any atom is -0.381 e. The molecule has 2 saturated heterocycles. The monoisotopic (exact) mass is 394 g/mol. The third-order valence-corrected chi connectivity index (χ3v) is 5.72. The van der Waals surface area contributed by atoms with Crippen molar-refractivity contribution in [3.05, 3.63) is 11.7 Å². The summed E-state index contributed by atoms with van der Waals surface area (Å²) >= 11 is 0. The predicted molar refractivity (Wildman–Crippen MR) is 104 cm³/mol. The lowest BCUT2D eigenvalue weighted by Crippen LogP contribution is -2.47. The Hall–Kier alpha value is -1.67. The molecule has 0 bridgehead atoms. The maximum absolute atomic E-state index is 12.6. The van der Waals surface area contributed by atoms with Crippen LogP contribution in [-0.4, -0.2) is 78.6 Å². The van der Waals surface area contributed by atoms with Crippen molar-refractivity contribution in [3.63, 3.8) is 0 Å². The zero-order valence-electron chi connectivity index (χ0n) is 17.3. The number of carbonyl (C=O) groups is 1. The molecule has 0 aromatic carbocycles. The van der Waals surface area contributed by atoms with E-state index in [9.17, 15) is 4.79 Å². The first kappa shape index (κ1) is 21.0. The molecule has 0 spiro atoms. The topological polar surface area (TPSA) is 80.9 Å². The lowest BCUT2D eigenvalue weighted by atomic mass is 9.98. The number of piperidine rings is 1. The molecule has 2 aliphatic rings. The van der Waals surface area contributed by atoms with Gasteiger partial charge in [-0.3, -0.25) is 0 Å². The third-order valence-electron chi connectivity index (χ3n) is 5.72. The van der Waals surface area contributed by atoms with Crippen molar-refractivity contribution in [2.45, 2.75) is 51.9 Å². The summed E-state index contributed by atoms with van der Waals surface area (Å²) in [5.74, 6) is 2.06. The Bertz CT molecular complexity index is 599. The number of urea groups is 1. The van der Waals surface area contributed by atoms with Crippen LogP contribution in [0.3, 0.4) is 0 Å². The molecular formula is C20H34N4O4. The molecule has 2 fully saturated rings. The van der Waals surface area contributed by atoms with Crippen molar-refractivity contribution in [1.29, 1.82) is 0 Å². The Kier molecular flexibility index (Phi) is 8.09. The van der Waals surface area contributed by atoms with Gasteiger partial charge in [0, 0.05) is 52.4 Å². The Balaban J connectivity index is 1.44. The average molecular weight is 395 g/mol. The zero-order chi connectivity index (χ0) is 19.8. The van der Waals surface area contributed by atoms with E-state index in [-0.39, 0.29) is 11.9 Å². The smallest absolute Gasteiger partial charge is 0.320 e. The molecule has 1 unspecified atom stereocenters.